The van der Waals surface area contributed by atoms with Gasteiger partial charge in [0.25, 0.3) is 0 Å². The smallest absolute Gasteiger partial charge is 0.236 e. The monoisotopic (exact) mass is 368 g/mol. The summed E-state index contributed by atoms with van der Waals surface area (Å²) in [6.07, 6.45) is 1.68. The van der Waals surface area contributed by atoms with Crippen molar-refractivity contribution in [3.8, 4) is 17.0 Å². The molecule has 0 aliphatic heterocycles. The molecular weight excluding hydrogens is 351 g/mol. The number of benzene rings is 2. The Kier molecular flexibility index (Phi) is 4.20. The minimum absolute atomic E-state index is 0.0366. The van der Waals surface area contributed by atoms with E-state index in [1.165, 1.54) is 24.5 Å². The molecule has 2 aromatic carbocycles. The van der Waals surface area contributed by atoms with E-state index in [-0.39, 0.29) is 11.7 Å². The number of nitrogens with one attached hydrogen (secondary N) is 1. The van der Waals surface area contributed by atoms with Gasteiger partial charge in [0.15, 0.2) is 16.7 Å². The van der Waals surface area contributed by atoms with Crippen molar-refractivity contribution in [2.24, 2.45) is 0 Å². The van der Waals surface area contributed by atoms with Gasteiger partial charge in [-0.3, -0.25) is 4.79 Å². The number of aromatic nitrogens is 1. The van der Waals surface area contributed by atoms with E-state index in [0.29, 0.717) is 16.4 Å². The molecular formula is C20H17FN2O2S. The summed E-state index contributed by atoms with van der Waals surface area (Å²) in [4.78, 5) is 17.2. The molecule has 0 spiro atoms. The van der Waals surface area contributed by atoms with Crippen LogP contribution in [0, 0.1) is 5.82 Å². The molecule has 132 valence electrons. The van der Waals surface area contributed by atoms with Crippen LogP contribution in [0.15, 0.2) is 53.9 Å². The molecule has 0 saturated heterocycles. The van der Waals surface area contributed by atoms with E-state index < -0.39 is 11.2 Å². The number of ether oxygens (including phenoxy) is 1. The molecule has 1 aliphatic carbocycles. The first-order valence-electron chi connectivity index (χ1n) is 8.29. The van der Waals surface area contributed by atoms with Gasteiger partial charge < -0.3 is 10.1 Å². The molecule has 0 atom stereocenters. The molecule has 3 aromatic rings. The number of rotatable bonds is 5. The van der Waals surface area contributed by atoms with Crippen LogP contribution >= 0.6 is 11.3 Å². The van der Waals surface area contributed by atoms with Crippen molar-refractivity contribution in [1.29, 1.82) is 0 Å². The highest BCUT2D eigenvalue weighted by molar-refractivity contribution is 7.14. The maximum atomic E-state index is 13.9. The number of anilines is 1. The zero-order valence-electron chi connectivity index (χ0n) is 14.2. The van der Waals surface area contributed by atoms with Gasteiger partial charge in [-0.1, -0.05) is 30.3 Å². The van der Waals surface area contributed by atoms with E-state index in [9.17, 15) is 9.18 Å². The zero-order chi connectivity index (χ0) is 18.1. The Balaban J connectivity index is 1.52. The maximum absolute atomic E-state index is 13.9. The fourth-order valence-electron chi connectivity index (χ4n) is 3.04. The van der Waals surface area contributed by atoms with Gasteiger partial charge in [-0.2, -0.15) is 0 Å². The van der Waals surface area contributed by atoms with E-state index in [0.717, 1.165) is 18.4 Å². The number of carbonyl (C=O) groups excluding carboxylic acids is 1. The van der Waals surface area contributed by atoms with Crippen LogP contribution in [0.4, 0.5) is 9.52 Å². The number of nitrogens with zero attached hydrogens (tertiary/aromatic N) is 1. The molecule has 1 aromatic heterocycles. The van der Waals surface area contributed by atoms with E-state index in [1.54, 1.807) is 17.5 Å². The van der Waals surface area contributed by atoms with Gasteiger partial charge >= 0.3 is 0 Å². The van der Waals surface area contributed by atoms with Gasteiger partial charge in [-0.25, -0.2) is 9.37 Å². The molecule has 26 heavy (non-hydrogen) atoms. The van der Waals surface area contributed by atoms with E-state index >= 15 is 0 Å². The number of hydrogen-bond acceptors (Lipinski definition) is 4. The summed E-state index contributed by atoms with van der Waals surface area (Å²) in [5.74, 6) is -0.286. The molecule has 1 amide bonds. The number of amides is 1. The van der Waals surface area contributed by atoms with Gasteiger partial charge in [-0.05, 0) is 36.6 Å². The maximum Gasteiger partial charge on any atom is 0.236 e. The third-order valence-corrected chi connectivity index (χ3v) is 5.44. The number of halogens is 1. The summed E-state index contributed by atoms with van der Waals surface area (Å²) >= 11 is 1.33. The molecule has 4 nitrogen and oxygen atoms in total. The zero-order valence-corrected chi connectivity index (χ0v) is 15.0. The van der Waals surface area contributed by atoms with Crippen molar-refractivity contribution in [2.75, 3.05) is 12.4 Å². The number of hydrogen-bond donors (Lipinski definition) is 1. The van der Waals surface area contributed by atoms with Crippen molar-refractivity contribution in [2.45, 2.75) is 18.3 Å². The summed E-state index contributed by atoms with van der Waals surface area (Å²) < 4.78 is 18.8. The molecule has 0 unspecified atom stereocenters. The predicted molar refractivity (Wildman–Crippen MR) is 100 cm³/mol. The number of thiazole rings is 1. The van der Waals surface area contributed by atoms with Gasteiger partial charge in [0.2, 0.25) is 5.91 Å². The lowest BCUT2D eigenvalue weighted by molar-refractivity contribution is -0.118. The molecule has 1 heterocycles. The average Bonchev–Trinajstić information content (AvgIpc) is 3.36. The Morgan fingerprint density at radius 3 is 2.65 bits per heavy atom. The lowest BCUT2D eigenvalue weighted by Gasteiger charge is -2.14. The third-order valence-electron chi connectivity index (χ3n) is 4.68. The number of methoxy groups -OCH3 is 1. The standard InChI is InChI=1S/C20H17FN2O2S/c1-25-17-8-7-13(11-15(17)21)16-12-26-19(22-16)23-18(24)20(9-10-20)14-5-3-2-4-6-14/h2-8,11-12H,9-10H2,1H3,(H,22,23,24). The Morgan fingerprint density at radius 2 is 2.00 bits per heavy atom. The predicted octanol–water partition coefficient (Wildman–Crippen LogP) is 4.63. The van der Waals surface area contributed by atoms with Crippen LogP contribution < -0.4 is 10.1 Å². The fraction of sp³-hybridized carbons (Fsp3) is 0.200. The Labute approximate surface area is 154 Å². The topological polar surface area (TPSA) is 51.2 Å². The van der Waals surface area contributed by atoms with Crippen LogP contribution in [-0.2, 0) is 10.2 Å². The quantitative estimate of drug-likeness (QED) is 0.714. The minimum atomic E-state index is -0.445. The van der Waals surface area contributed by atoms with E-state index in [1.807, 2.05) is 30.3 Å². The van der Waals surface area contributed by atoms with Crippen molar-refractivity contribution < 1.29 is 13.9 Å². The van der Waals surface area contributed by atoms with Crippen LogP contribution in [0.2, 0.25) is 0 Å². The van der Waals surface area contributed by atoms with Crippen molar-refractivity contribution in [3.05, 3.63) is 65.3 Å². The van der Waals surface area contributed by atoms with Crippen LogP contribution in [0.25, 0.3) is 11.3 Å². The molecule has 1 N–H and O–H groups in total. The van der Waals surface area contributed by atoms with Gasteiger partial charge in [-0.15, -0.1) is 11.3 Å². The lowest BCUT2D eigenvalue weighted by atomic mass is 9.95. The van der Waals surface area contributed by atoms with Crippen molar-refractivity contribution in [3.63, 3.8) is 0 Å². The fourth-order valence-corrected chi connectivity index (χ4v) is 3.75. The highest BCUT2D eigenvalue weighted by atomic mass is 32.1. The molecule has 6 heteroatoms. The first-order chi connectivity index (χ1) is 12.6. The molecule has 0 radical (unpaired) electrons. The summed E-state index contributed by atoms with van der Waals surface area (Å²) in [5.41, 5.74) is 1.85. The normalized spacial score (nSPS) is 14.7. The summed E-state index contributed by atoms with van der Waals surface area (Å²) in [6.45, 7) is 0. The molecule has 1 saturated carbocycles. The lowest BCUT2D eigenvalue weighted by Crippen LogP contribution is -2.27. The van der Waals surface area contributed by atoms with Gasteiger partial charge in [0.1, 0.15) is 0 Å². The van der Waals surface area contributed by atoms with Crippen molar-refractivity contribution in [1.82, 2.24) is 4.98 Å². The van der Waals surface area contributed by atoms with Crippen LogP contribution in [0.1, 0.15) is 18.4 Å². The van der Waals surface area contributed by atoms with Gasteiger partial charge in [0, 0.05) is 10.9 Å². The molecule has 1 fully saturated rings. The first kappa shape index (κ1) is 16.7. The SMILES string of the molecule is COc1ccc(-c2csc(NC(=O)C3(c4ccccc4)CC3)n2)cc1F. The highest BCUT2D eigenvalue weighted by Crippen LogP contribution is 2.49. The van der Waals surface area contributed by atoms with Gasteiger partial charge in [0.05, 0.1) is 18.2 Å². The Bertz CT molecular complexity index is 951. The van der Waals surface area contributed by atoms with Crippen LogP contribution in [-0.4, -0.2) is 18.0 Å². The summed E-state index contributed by atoms with van der Waals surface area (Å²) in [7, 11) is 1.43. The molecule has 1 aliphatic rings. The second-order valence-electron chi connectivity index (χ2n) is 6.29. The summed E-state index contributed by atoms with van der Waals surface area (Å²) in [5, 5.41) is 5.24. The Hall–Kier alpha value is -2.73. The number of carbonyl (C=O) groups is 1. The summed E-state index contributed by atoms with van der Waals surface area (Å²) in [6, 6.07) is 14.5. The minimum Gasteiger partial charge on any atom is -0.494 e. The molecule has 0 bridgehead atoms. The van der Waals surface area contributed by atoms with E-state index in [2.05, 4.69) is 10.3 Å². The second kappa shape index (κ2) is 6.53. The Morgan fingerprint density at radius 1 is 1.23 bits per heavy atom. The second-order valence-corrected chi connectivity index (χ2v) is 7.15. The first-order valence-corrected chi connectivity index (χ1v) is 9.17. The third kappa shape index (κ3) is 2.97. The largest absolute Gasteiger partial charge is 0.494 e. The van der Waals surface area contributed by atoms with Crippen LogP contribution in [0.5, 0.6) is 5.75 Å². The highest BCUT2D eigenvalue weighted by Gasteiger charge is 2.51. The van der Waals surface area contributed by atoms with Crippen LogP contribution in [0.3, 0.4) is 0 Å². The average molecular weight is 368 g/mol. The van der Waals surface area contributed by atoms with Crippen molar-refractivity contribution >= 4 is 22.4 Å². The molecule has 4 rings (SSSR count). The van der Waals surface area contributed by atoms with E-state index in [4.69, 9.17) is 4.74 Å².